The lowest BCUT2D eigenvalue weighted by Crippen LogP contribution is -2.29. The van der Waals surface area contributed by atoms with E-state index in [1.54, 1.807) is 0 Å². The van der Waals surface area contributed by atoms with Gasteiger partial charge in [-0.1, -0.05) is 26.2 Å². The molecule has 2 N–H and O–H groups in total. The molecule has 0 aromatic heterocycles. The van der Waals surface area contributed by atoms with Gasteiger partial charge in [0.25, 0.3) is 5.69 Å². The van der Waals surface area contributed by atoms with E-state index in [1.165, 1.54) is 24.3 Å². The zero-order valence-electron chi connectivity index (χ0n) is 11.4. The first-order chi connectivity index (χ1) is 9.63. The summed E-state index contributed by atoms with van der Waals surface area (Å²) in [6, 6.07) is 5.05. The van der Waals surface area contributed by atoms with E-state index in [-0.39, 0.29) is 5.69 Å². The number of hydroxylamine groups is 1. The minimum absolute atomic E-state index is 0.0249. The predicted molar refractivity (Wildman–Crippen MR) is 75.3 cm³/mol. The van der Waals surface area contributed by atoms with Crippen LogP contribution in [-0.2, 0) is 4.84 Å². The molecule has 0 spiro atoms. The number of benzene rings is 1. The Hall–Kier alpha value is -2.15. The summed E-state index contributed by atoms with van der Waals surface area (Å²) in [6.07, 6.45) is 4.26. The minimum Gasteiger partial charge on any atom is -0.306 e. The molecule has 0 atom stereocenters. The third-order valence-electron chi connectivity index (χ3n) is 2.60. The number of nitrogens with one attached hydrogen (secondary N) is 2. The fraction of sp³-hybridized carbons (Fsp3) is 0.462. The molecule has 0 aliphatic heterocycles. The molecule has 0 unspecified atom stereocenters. The van der Waals surface area contributed by atoms with E-state index in [9.17, 15) is 14.9 Å². The Morgan fingerprint density at radius 3 is 2.55 bits per heavy atom. The number of rotatable bonds is 8. The van der Waals surface area contributed by atoms with Gasteiger partial charge in [0.15, 0.2) is 0 Å². The van der Waals surface area contributed by atoms with Gasteiger partial charge in [-0.3, -0.25) is 15.0 Å². The van der Waals surface area contributed by atoms with Crippen LogP contribution in [0.2, 0.25) is 0 Å². The lowest BCUT2D eigenvalue weighted by atomic mass is 10.2. The Labute approximate surface area is 117 Å². The van der Waals surface area contributed by atoms with Gasteiger partial charge < -0.3 is 5.32 Å². The molecule has 0 heterocycles. The van der Waals surface area contributed by atoms with Crippen LogP contribution in [0, 0.1) is 10.1 Å². The van der Waals surface area contributed by atoms with Crippen molar-refractivity contribution in [2.45, 2.75) is 32.6 Å². The largest absolute Gasteiger partial charge is 0.343 e. The molecule has 0 aliphatic rings. The zero-order valence-corrected chi connectivity index (χ0v) is 11.4. The van der Waals surface area contributed by atoms with E-state index in [1.807, 2.05) is 0 Å². The number of urea groups is 1. The van der Waals surface area contributed by atoms with E-state index >= 15 is 0 Å². The van der Waals surface area contributed by atoms with Crippen LogP contribution in [0.25, 0.3) is 0 Å². The lowest BCUT2D eigenvalue weighted by Gasteiger charge is -2.07. The number of hydrogen-bond acceptors (Lipinski definition) is 4. The minimum atomic E-state index is -0.505. The van der Waals surface area contributed by atoms with Gasteiger partial charge in [0.05, 0.1) is 11.5 Å². The molecule has 7 heteroatoms. The van der Waals surface area contributed by atoms with Gasteiger partial charge in [0, 0.05) is 17.8 Å². The molecule has 2 amide bonds. The summed E-state index contributed by atoms with van der Waals surface area (Å²) < 4.78 is 0. The number of non-ortho nitro benzene ring substituents is 1. The summed E-state index contributed by atoms with van der Waals surface area (Å²) in [6.45, 7) is 2.59. The second-order valence-electron chi connectivity index (χ2n) is 4.27. The van der Waals surface area contributed by atoms with Crippen molar-refractivity contribution in [1.29, 1.82) is 0 Å². The topological polar surface area (TPSA) is 93.5 Å². The van der Waals surface area contributed by atoms with Gasteiger partial charge >= 0.3 is 6.03 Å². The van der Waals surface area contributed by atoms with E-state index in [4.69, 9.17) is 4.84 Å². The smallest absolute Gasteiger partial charge is 0.306 e. The van der Waals surface area contributed by atoms with Gasteiger partial charge in [-0.05, 0) is 18.6 Å². The summed E-state index contributed by atoms with van der Waals surface area (Å²) in [5.74, 6) is 0. The Balaban J connectivity index is 2.23. The SMILES string of the molecule is CCCCCCONC(=O)Nc1ccc([N+](=O)[O-])cc1. The van der Waals surface area contributed by atoms with Crippen LogP contribution in [0.4, 0.5) is 16.2 Å². The average Bonchev–Trinajstić information content (AvgIpc) is 2.43. The second kappa shape index (κ2) is 8.87. The standard InChI is InChI=1S/C13H19N3O4/c1-2-3-4-5-10-20-15-13(17)14-11-6-8-12(9-7-11)16(18)19/h6-9H,2-5,10H2,1H3,(H2,14,15,17). The van der Waals surface area contributed by atoms with Crippen molar-refractivity contribution < 1.29 is 14.6 Å². The molecule has 0 fully saturated rings. The van der Waals surface area contributed by atoms with E-state index < -0.39 is 11.0 Å². The lowest BCUT2D eigenvalue weighted by molar-refractivity contribution is -0.384. The normalized spacial score (nSPS) is 10.1. The molecule has 0 radical (unpaired) electrons. The number of hydrogen-bond donors (Lipinski definition) is 2. The highest BCUT2D eigenvalue weighted by Crippen LogP contribution is 2.15. The number of carbonyl (C=O) groups excluding carboxylic acids is 1. The van der Waals surface area contributed by atoms with Crippen molar-refractivity contribution in [3.63, 3.8) is 0 Å². The van der Waals surface area contributed by atoms with E-state index in [0.717, 1.165) is 25.7 Å². The van der Waals surface area contributed by atoms with E-state index in [2.05, 4.69) is 17.7 Å². The summed E-state index contributed by atoms with van der Waals surface area (Å²) in [4.78, 5) is 26.4. The second-order valence-corrected chi connectivity index (χ2v) is 4.27. The first-order valence-electron chi connectivity index (χ1n) is 6.56. The molecule has 1 rings (SSSR count). The number of nitro groups is 1. The van der Waals surface area contributed by atoms with Gasteiger partial charge in [-0.25, -0.2) is 10.3 Å². The summed E-state index contributed by atoms with van der Waals surface area (Å²) in [5.41, 5.74) is 2.70. The summed E-state index contributed by atoms with van der Waals surface area (Å²) in [7, 11) is 0. The van der Waals surface area contributed by atoms with Crippen LogP contribution < -0.4 is 10.8 Å². The molecular weight excluding hydrogens is 262 g/mol. The molecule has 1 aromatic carbocycles. The van der Waals surface area contributed by atoms with Crippen LogP contribution in [0.5, 0.6) is 0 Å². The predicted octanol–water partition coefficient (Wildman–Crippen LogP) is 3.23. The Kier molecular flexibility index (Phi) is 7.05. The molecule has 0 saturated heterocycles. The number of carbonyl (C=O) groups is 1. The van der Waals surface area contributed by atoms with Crippen LogP contribution >= 0.6 is 0 Å². The number of unbranched alkanes of at least 4 members (excludes halogenated alkanes) is 3. The monoisotopic (exact) mass is 281 g/mol. The van der Waals surface area contributed by atoms with E-state index in [0.29, 0.717) is 12.3 Å². The van der Waals surface area contributed by atoms with Crippen LogP contribution in [0.15, 0.2) is 24.3 Å². The average molecular weight is 281 g/mol. The number of nitrogens with zero attached hydrogens (tertiary/aromatic N) is 1. The van der Waals surface area contributed by atoms with Crippen molar-refractivity contribution in [2.75, 3.05) is 11.9 Å². The third kappa shape index (κ3) is 6.14. The maximum Gasteiger partial charge on any atom is 0.343 e. The molecule has 20 heavy (non-hydrogen) atoms. The number of amides is 2. The zero-order chi connectivity index (χ0) is 14.8. The van der Waals surface area contributed by atoms with Crippen molar-refractivity contribution in [3.05, 3.63) is 34.4 Å². The Morgan fingerprint density at radius 1 is 1.25 bits per heavy atom. The molecule has 7 nitrogen and oxygen atoms in total. The molecule has 0 saturated carbocycles. The highest BCUT2D eigenvalue weighted by atomic mass is 16.7. The highest BCUT2D eigenvalue weighted by molar-refractivity contribution is 5.88. The Bertz CT molecular complexity index is 434. The molecule has 0 aliphatic carbocycles. The van der Waals surface area contributed by atoms with Crippen molar-refractivity contribution in [3.8, 4) is 0 Å². The molecule has 1 aromatic rings. The fourth-order valence-electron chi connectivity index (χ4n) is 1.54. The Morgan fingerprint density at radius 2 is 1.95 bits per heavy atom. The van der Waals surface area contributed by atoms with Gasteiger partial charge in [0.1, 0.15) is 0 Å². The molecule has 0 bridgehead atoms. The van der Waals surface area contributed by atoms with Crippen molar-refractivity contribution in [2.24, 2.45) is 0 Å². The van der Waals surface area contributed by atoms with Gasteiger partial charge in [0.2, 0.25) is 0 Å². The molecule has 110 valence electrons. The number of anilines is 1. The molecular formula is C13H19N3O4. The first-order valence-corrected chi connectivity index (χ1v) is 6.56. The van der Waals surface area contributed by atoms with Crippen LogP contribution in [0.3, 0.4) is 0 Å². The first kappa shape index (κ1) is 15.9. The maximum atomic E-state index is 11.4. The number of nitro benzene ring substituents is 1. The third-order valence-corrected chi connectivity index (χ3v) is 2.60. The van der Waals surface area contributed by atoms with Crippen molar-refractivity contribution in [1.82, 2.24) is 5.48 Å². The van der Waals surface area contributed by atoms with Crippen LogP contribution in [-0.4, -0.2) is 17.6 Å². The highest BCUT2D eigenvalue weighted by Gasteiger charge is 2.06. The van der Waals surface area contributed by atoms with Crippen molar-refractivity contribution >= 4 is 17.4 Å². The van der Waals surface area contributed by atoms with Gasteiger partial charge in [-0.15, -0.1) is 0 Å². The fourth-order valence-corrected chi connectivity index (χ4v) is 1.54. The summed E-state index contributed by atoms with van der Waals surface area (Å²) in [5, 5.41) is 13.0. The van der Waals surface area contributed by atoms with Gasteiger partial charge in [-0.2, -0.15) is 0 Å². The quantitative estimate of drug-likeness (QED) is 0.434. The van der Waals surface area contributed by atoms with Crippen LogP contribution in [0.1, 0.15) is 32.6 Å². The maximum absolute atomic E-state index is 11.4. The summed E-state index contributed by atoms with van der Waals surface area (Å²) >= 11 is 0.